The number of rotatable bonds is 4. The van der Waals surface area contributed by atoms with Crippen molar-refractivity contribution in [2.24, 2.45) is 5.92 Å². The molecule has 0 aromatic carbocycles. The molecule has 8 heteroatoms. The highest BCUT2D eigenvalue weighted by atomic mass is 31.2. The van der Waals surface area contributed by atoms with Gasteiger partial charge in [0.1, 0.15) is 0 Å². The van der Waals surface area contributed by atoms with Crippen LogP contribution in [0, 0.1) is 5.92 Å². The van der Waals surface area contributed by atoms with E-state index >= 15 is 0 Å². The highest BCUT2D eigenvalue weighted by Gasteiger charge is 2.09. The molecule has 0 radical (unpaired) electrons. The van der Waals surface area contributed by atoms with E-state index in [9.17, 15) is 31.9 Å². The molecule has 0 spiro atoms. The van der Waals surface area contributed by atoms with Crippen LogP contribution in [0.2, 0.25) is 0 Å². The van der Waals surface area contributed by atoms with E-state index in [2.05, 4.69) is 0 Å². The normalized spacial score (nSPS) is 11.4. The number of hydrogen-bond acceptors (Lipinski definition) is 3. The second kappa shape index (κ2) is 5.29. The lowest BCUT2D eigenvalue weighted by Crippen LogP contribution is -2.20. The third-order valence-electron chi connectivity index (χ3n) is 1.11. The van der Waals surface area contributed by atoms with Crippen LogP contribution in [0.5, 0.6) is 0 Å². The summed E-state index contributed by atoms with van der Waals surface area (Å²) in [5.74, 6) is -1.79. The Bertz CT molecular complexity index is 269. The Morgan fingerprint density at radius 2 is 1.50 bits per heavy atom. The van der Waals surface area contributed by atoms with Gasteiger partial charge in [0.2, 0.25) is 0 Å². The third kappa shape index (κ3) is 7.97. The minimum absolute atomic E-state index is 0.0123. The smallest absolute Gasteiger partial charge is 0.266 e. The Balaban J connectivity index is 4.67. The van der Waals surface area contributed by atoms with E-state index in [-0.39, 0.29) is 12.2 Å². The number of halogens is 4. The molecule has 0 saturated carbocycles. The molecule has 14 heavy (non-hydrogen) atoms. The predicted molar refractivity (Wildman–Crippen MR) is 36.6 cm³/mol. The third-order valence-corrected chi connectivity index (χ3v) is 1.98. The van der Waals surface area contributed by atoms with Crippen molar-refractivity contribution in [3.05, 3.63) is 24.3 Å². The molecule has 0 rings (SSSR count). The molecule has 0 bridgehead atoms. The molecule has 3 nitrogen and oxygen atoms in total. The zero-order valence-corrected chi connectivity index (χ0v) is 7.52. The van der Waals surface area contributed by atoms with Crippen LogP contribution < -0.4 is 9.79 Å². The van der Waals surface area contributed by atoms with Crippen molar-refractivity contribution in [2.45, 2.75) is 0 Å². The summed E-state index contributed by atoms with van der Waals surface area (Å²) in [7, 11) is -5.09. The molecular weight excluding hydrogens is 227 g/mol. The molecule has 0 N–H and O–H groups in total. The Morgan fingerprint density at radius 3 is 1.71 bits per heavy atom. The maximum absolute atomic E-state index is 11.6. The molecule has 0 unspecified atom stereocenters. The molecule has 0 heterocycles. The fourth-order valence-corrected chi connectivity index (χ4v) is 1.46. The molecule has 82 valence electrons. The van der Waals surface area contributed by atoms with E-state index in [1.807, 2.05) is 0 Å². The van der Waals surface area contributed by atoms with Gasteiger partial charge in [-0.3, -0.25) is 0 Å². The molecule has 0 atom stereocenters. The van der Waals surface area contributed by atoms with Gasteiger partial charge in [-0.1, -0.05) is 7.60 Å². The summed E-state index contributed by atoms with van der Waals surface area (Å²) in [5, 5.41) is 0. The van der Waals surface area contributed by atoms with E-state index in [1.54, 1.807) is 0 Å². The fraction of sp³-hybridized carbons (Fsp3) is 0.333. The van der Waals surface area contributed by atoms with Gasteiger partial charge in [0.25, 0.3) is 12.2 Å². The van der Waals surface area contributed by atoms with Crippen LogP contribution in [0.1, 0.15) is 0 Å². The summed E-state index contributed by atoms with van der Waals surface area (Å²) in [6.07, 6.45) is -5.95. The minimum atomic E-state index is -5.09. The van der Waals surface area contributed by atoms with Crippen LogP contribution >= 0.6 is 7.60 Å². The van der Waals surface area contributed by atoms with E-state index < -0.39 is 31.8 Å². The second-order valence-electron chi connectivity index (χ2n) is 2.37. The van der Waals surface area contributed by atoms with Gasteiger partial charge in [-0.15, -0.1) is 0 Å². The predicted octanol–water partition coefficient (Wildman–Crippen LogP) is 1.08. The summed E-state index contributed by atoms with van der Waals surface area (Å²) in [4.78, 5) is 20.3. The Kier molecular flexibility index (Phi) is 5.04. The lowest BCUT2D eigenvalue weighted by Gasteiger charge is -2.31. The monoisotopic (exact) mass is 232 g/mol. The van der Waals surface area contributed by atoms with Crippen LogP contribution in [0.15, 0.2) is 24.3 Å². The summed E-state index contributed by atoms with van der Waals surface area (Å²) in [6.45, 7) is 0. The molecule has 0 saturated heterocycles. The number of allylic oxidation sites excluding steroid dienone is 2. The van der Waals surface area contributed by atoms with Crippen molar-refractivity contribution < 1.29 is 31.9 Å². The summed E-state index contributed by atoms with van der Waals surface area (Å²) < 4.78 is 56.5. The van der Waals surface area contributed by atoms with Gasteiger partial charge in [0.15, 0.2) is 0 Å². The Morgan fingerprint density at radius 1 is 1.14 bits per heavy atom. The van der Waals surface area contributed by atoms with E-state index in [0.29, 0.717) is 0 Å². The van der Waals surface area contributed by atoms with Gasteiger partial charge >= 0.3 is 0 Å². The second-order valence-corrected chi connectivity index (χ2v) is 3.96. The summed E-state index contributed by atoms with van der Waals surface area (Å²) in [5.41, 5.74) is 0. The average Bonchev–Trinajstić information content (AvgIpc) is 1.77. The van der Waals surface area contributed by atoms with Gasteiger partial charge in [-0.25, -0.2) is 0 Å². The minimum Gasteiger partial charge on any atom is -0.811 e. The summed E-state index contributed by atoms with van der Waals surface area (Å²) in [6, 6.07) is 0. The highest BCUT2D eigenvalue weighted by molar-refractivity contribution is 7.48. The first kappa shape index (κ1) is 13.4. The van der Waals surface area contributed by atoms with Crippen molar-refractivity contribution in [3.8, 4) is 0 Å². The van der Waals surface area contributed by atoms with Crippen LogP contribution in [0.3, 0.4) is 0 Å². The zero-order valence-electron chi connectivity index (χ0n) is 6.62. The van der Waals surface area contributed by atoms with Gasteiger partial charge < -0.3 is 14.4 Å². The zero-order chi connectivity index (χ0) is 11.4. The fourth-order valence-electron chi connectivity index (χ4n) is 0.735. The van der Waals surface area contributed by atoms with Crippen molar-refractivity contribution in [3.63, 3.8) is 0 Å². The maximum Gasteiger partial charge on any atom is 0.266 e. The molecule has 0 aromatic rings. The van der Waals surface area contributed by atoms with Crippen LogP contribution in [-0.2, 0) is 4.57 Å². The highest BCUT2D eigenvalue weighted by Crippen LogP contribution is 2.29. The van der Waals surface area contributed by atoms with Crippen molar-refractivity contribution in [2.75, 3.05) is 6.16 Å². The first-order valence-corrected chi connectivity index (χ1v) is 5.00. The van der Waals surface area contributed by atoms with Crippen molar-refractivity contribution in [1.29, 1.82) is 0 Å². The van der Waals surface area contributed by atoms with E-state index in [4.69, 9.17) is 0 Å². The molecular formula is C6H5F4O3P-2. The standard InChI is InChI=1S/C6H7F4O3P/c7-5(8)1-4(2-6(9)10)3-14(11,12)13/h1-2,4H,3H2,(H2,11,12,13)/p-2. The van der Waals surface area contributed by atoms with Gasteiger partial charge in [-0.05, 0) is 18.3 Å². The van der Waals surface area contributed by atoms with Crippen LogP contribution in [0.25, 0.3) is 0 Å². The van der Waals surface area contributed by atoms with E-state index in [0.717, 1.165) is 0 Å². The van der Waals surface area contributed by atoms with Gasteiger partial charge in [0.05, 0.1) is 0 Å². The lowest BCUT2D eigenvalue weighted by molar-refractivity contribution is -0.313. The Hall–Kier alpha value is -0.650. The first-order valence-electron chi connectivity index (χ1n) is 3.27. The first-order chi connectivity index (χ1) is 6.20. The Labute approximate surface area is 76.9 Å². The van der Waals surface area contributed by atoms with Crippen molar-refractivity contribution >= 4 is 7.60 Å². The van der Waals surface area contributed by atoms with Gasteiger partial charge in [0, 0.05) is 5.92 Å². The quantitative estimate of drug-likeness (QED) is 0.538. The average molecular weight is 232 g/mol. The van der Waals surface area contributed by atoms with Crippen LogP contribution in [-0.4, -0.2) is 6.16 Å². The van der Waals surface area contributed by atoms with Gasteiger partial charge in [-0.2, -0.15) is 17.6 Å². The number of hydrogen-bond donors (Lipinski definition) is 0. The van der Waals surface area contributed by atoms with Crippen molar-refractivity contribution in [1.82, 2.24) is 0 Å². The molecule has 0 amide bonds. The largest absolute Gasteiger partial charge is 0.811 e. The molecule has 0 aromatic heterocycles. The molecule has 0 fully saturated rings. The lowest BCUT2D eigenvalue weighted by atomic mass is 10.2. The molecule has 0 aliphatic heterocycles. The summed E-state index contributed by atoms with van der Waals surface area (Å²) >= 11 is 0. The maximum atomic E-state index is 11.6. The SMILES string of the molecule is O=P([O-])([O-])CC(C=C(F)F)C=C(F)F. The molecule has 0 aliphatic carbocycles. The van der Waals surface area contributed by atoms with Crippen LogP contribution in [0.4, 0.5) is 17.6 Å². The van der Waals surface area contributed by atoms with E-state index in [1.165, 1.54) is 0 Å². The molecule has 0 aliphatic rings. The topological polar surface area (TPSA) is 63.2 Å².